The largest absolute Gasteiger partial charge is 0.493 e. The van der Waals surface area contributed by atoms with Crippen LogP contribution >= 0.6 is 0 Å². The Morgan fingerprint density at radius 1 is 0.479 bits per heavy atom. The van der Waals surface area contributed by atoms with Gasteiger partial charge < -0.3 is 23.7 Å². The van der Waals surface area contributed by atoms with Crippen LogP contribution in [-0.2, 0) is 42.3 Å². The Morgan fingerprint density at radius 3 is 1.83 bits per heavy atom. The van der Waals surface area contributed by atoms with Gasteiger partial charge in [0.15, 0.2) is 11.5 Å². The van der Waals surface area contributed by atoms with Gasteiger partial charge in [-0.25, -0.2) is 0 Å². The fourth-order valence-corrected chi connectivity index (χ4v) is 6.29. The minimum atomic E-state index is 0.360. The van der Waals surface area contributed by atoms with Gasteiger partial charge >= 0.3 is 0 Å². The topological polar surface area (TPSA) is 46.2 Å². The first kappa shape index (κ1) is 35.5. The van der Waals surface area contributed by atoms with Crippen LogP contribution in [0, 0.1) is 0 Å². The van der Waals surface area contributed by atoms with Crippen LogP contribution in [0.4, 0.5) is 0 Å². The Balaban J connectivity index is 0.000000125. The Kier molecular flexibility index (Phi) is 12.2. The second-order valence-electron chi connectivity index (χ2n) is 14.2. The molecule has 0 aliphatic carbocycles. The summed E-state index contributed by atoms with van der Waals surface area (Å²) in [6.07, 6.45) is 1.08. The first-order valence-electron chi connectivity index (χ1n) is 17.6. The van der Waals surface area contributed by atoms with Crippen molar-refractivity contribution in [1.82, 2.24) is 0 Å². The predicted molar refractivity (Wildman–Crippen MR) is 194 cm³/mol. The van der Waals surface area contributed by atoms with E-state index >= 15 is 0 Å². The van der Waals surface area contributed by atoms with Crippen LogP contribution in [0.3, 0.4) is 0 Å². The zero-order chi connectivity index (χ0) is 34.2. The van der Waals surface area contributed by atoms with Gasteiger partial charge in [-0.1, -0.05) is 116 Å². The molecule has 0 spiro atoms. The van der Waals surface area contributed by atoms with Gasteiger partial charge in [0.2, 0.25) is 6.79 Å². The first-order valence-corrected chi connectivity index (χ1v) is 17.6. The van der Waals surface area contributed by atoms with Crippen molar-refractivity contribution >= 4 is 0 Å². The molecule has 256 valence electrons. The van der Waals surface area contributed by atoms with Crippen molar-refractivity contribution in [3.05, 3.63) is 123 Å². The molecule has 4 heterocycles. The van der Waals surface area contributed by atoms with Gasteiger partial charge in [0.05, 0.1) is 33.0 Å². The fourth-order valence-electron chi connectivity index (χ4n) is 6.29. The van der Waals surface area contributed by atoms with Gasteiger partial charge in [0, 0.05) is 12.0 Å². The van der Waals surface area contributed by atoms with Crippen molar-refractivity contribution in [1.29, 1.82) is 0 Å². The summed E-state index contributed by atoms with van der Waals surface area (Å²) in [5, 5.41) is 0. The lowest BCUT2D eigenvalue weighted by Crippen LogP contribution is -1.95. The molecule has 0 radical (unpaired) electrons. The normalized spacial score (nSPS) is 14.8. The average molecular weight is 651 g/mol. The van der Waals surface area contributed by atoms with Crippen molar-refractivity contribution < 1.29 is 23.7 Å². The van der Waals surface area contributed by atoms with E-state index in [1.807, 2.05) is 12.1 Å². The summed E-state index contributed by atoms with van der Waals surface area (Å²) in [5.41, 5.74) is 12.4. The van der Waals surface area contributed by atoms with E-state index in [1.54, 1.807) is 0 Å². The van der Waals surface area contributed by atoms with E-state index in [0.29, 0.717) is 30.5 Å². The molecule has 8 rings (SSSR count). The molecule has 5 heteroatoms. The lowest BCUT2D eigenvalue weighted by Gasteiger charge is -2.09. The quantitative estimate of drug-likeness (QED) is 0.220. The van der Waals surface area contributed by atoms with E-state index in [9.17, 15) is 0 Å². The molecule has 0 fully saturated rings. The highest BCUT2D eigenvalue weighted by Crippen LogP contribution is 2.38. The number of hydrogen-bond donors (Lipinski definition) is 0. The maximum Gasteiger partial charge on any atom is 0.231 e. The summed E-state index contributed by atoms with van der Waals surface area (Å²) in [4.78, 5) is 0. The monoisotopic (exact) mass is 650 g/mol. The second-order valence-corrected chi connectivity index (χ2v) is 14.2. The highest BCUT2D eigenvalue weighted by Gasteiger charge is 2.19. The molecule has 0 N–H and O–H groups in total. The summed E-state index contributed by atoms with van der Waals surface area (Å²) in [7, 11) is 0. The van der Waals surface area contributed by atoms with E-state index in [1.165, 1.54) is 50.1 Å². The van der Waals surface area contributed by atoms with E-state index in [2.05, 4.69) is 116 Å². The molecule has 0 unspecified atom stereocenters. The molecule has 0 atom stereocenters. The Labute approximate surface area is 288 Å². The Morgan fingerprint density at radius 2 is 1.10 bits per heavy atom. The maximum atomic E-state index is 5.43. The third-order valence-electron chi connectivity index (χ3n) is 9.28. The molecular weight excluding hydrogens is 596 g/mol. The summed E-state index contributed by atoms with van der Waals surface area (Å²) >= 11 is 0. The molecule has 0 bridgehead atoms. The van der Waals surface area contributed by atoms with Crippen LogP contribution < -0.4 is 14.2 Å². The van der Waals surface area contributed by atoms with Gasteiger partial charge in [-0.3, -0.25) is 0 Å². The second kappa shape index (κ2) is 16.5. The number of hydrogen-bond acceptors (Lipinski definition) is 5. The third kappa shape index (κ3) is 8.80. The number of para-hydroxylation sites is 1. The Bertz CT molecular complexity index is 1530. The van der Waals surface area contributed by atoms with E-state index < -0.39 is 0 Å². The smallest absolute Gasteiger partial charge is 0.231 e. The third-order valence-corrected chi connectivity index (χ3v) is 9.28. The highest BCUT2D eigenvalue weighted by molar-refractivity contribution is 5.49. The van der Waals surface area contributed by atoms with E-state index in [4.69, 9.17) is 23.7 Å². The van der Waals surface area contributed by atoms with Crippen LogP contribution in [0.2, 0.25) is 0 Å². The van der Waals surface area contributed by atoms with Crippen molar-refractivity contribution in [3.8, 4) is 17.2 Å². The van der Waals surface area contributed by atoms with E-state index in [-0.39, 0.29) is 0 Å². The molecule has 0 aromatic heterocycles. The molecule has 0 amide bonds. The molecule has 48 heavy (non-hydrogen) atoms. The molecular formula is C43H54O5. The lowest BCUT2D eigenvalue weighted by atomic mass is 9.95. The fraction of sp³-hybridized carbons (Fsp3) is 0.442. The van der Waals surface area contributed by atoms with Crippen LogP contribution in [0.1, 0.15) is 129 Å². The minimum absolute atomic E-state index is 0.360. The number of rotatable bonds is 4. The summed E-state index contributed by atoms with van der Waals surface area (Å²) in [5.74, 6) is 5.23. The SMILES string of the molecule is CC(C)c1ccc2c(c1)CCO2.CC(C)c1ccc2c(c1)COC2.CC(C)c1cccc2c1COC2.CC(C)c1cccc2c1OCO2. The molecule has 4 aliphatic heterocycles. The summed E-state index contributed by atoms with van der Waals surface area (Å²) in [6.45, 7) is 22.1. The summed E-state index contributed by atoms with van der Waals surface area (Å²) in [6, 6.07) is 25.7. The standard InChI is InChI=1S/3C11H14O.C10H12O2/c1-8(2)9-3-4-10-6-12-7-11(10)5-9;1-8(2)9-3-4-11-10(7-9)5-6-12-11;1-8(2)10-5-3-4-9-6-12-7-11(9)10;1-7(2)8-4-3-5-9-10(8)12-6-11-9/h3-5,8H,6-7H2,1-2H3;3-4,7-8H,5-6H2,1-2H3;3-5,8H,6-7H2,1-2H3;3-5,7H,6H2,1-2H3. The van der Waals surface area contributed by atoms with Crippen molar-refractivity contribution in [3.63, 3.8) is 0 Å². The number of benzene rings is 4. The van der Waals surface area contributed by atoms with Crippen LogP contribution in [-0.4, -0.2) is 13.4 Å². The zero-order valence-electron chi connectivity index (χ0n) is 30.2. The van der Waals surface area contributed by atoms with Gasteiger partial charge in [0.1, 0.15) is 5.75 Å². The maximum absolute atomic E-state index is 5.43. The van der Waals surface area contributed by atoms with Crippen LogP contribution in [0.15, 0.2) is 72.8 Å². The first-order chi connectivity index (χ1) is 23.1. The van der Waals surface area contributed by atoms with Crippen LogP contribution in [0.5, 0.6) is 17.2 Å². The number of ether oxygens (including phenoxy) is 5. The van der Waals surface area contributed by atoms with Crippen molar-refractivity contribution in [2.45, 2.75) is 112 Å². The lowest BCUT2D eigenvalue weighted by molar-refractivity contribution is 0.134. The van der Waals surface area contributed by atoms with Crippen molar-refractivity contribution in [2.75, 3.05) is 13.4 Å². The number of fused-ring (bicyclic) bond motifs is 4. The average Bonchev–Trinajstić information content (AvgIpc) is 3.90. The molecule has 4 aromatic rings. The van der Waals surface area contributed by atoms with Crippen molar-refractivity contribution in [2.24, 2.45) is 0 Å². The van der Waals surface area contributed by atoms with Gasteiger partial charge in [-0.05, 0) is 80.3 Å². The van der Waals surface area contributed by atoms with Gasteiger partial charge in [-0.15, -0.1) is 0 Å². The Hall–Kier alpha value is -3.80. The van der Waals surface area contributed by atoms with Crippen LogP contribution in [0.25, 0.3) is 0 Å². The molecule has 5 nitrogen and oxygen atoms in total. The predicted octanol–water partition coefficient (Wildman–Crippen LogP) is 11.0. The van der Waals surface area contributed by atoms with Gasteiger partial charge in [-0.2, -0.15) is 0 Å². The van der Waals surface area contributed by atoms with E-state index in [0.717, 1.165) is 56.7 Å². The summed E-state index contributed by atoms with van der Waals surface area (Å²) < 4.78 is 26.8. The van der Waals surface area contributed by atoms with Gasteiger partial charge in [0.25, 0.3) is 0 Å². The molecule has 0 saturated carbocycles. The minimum Gasteiger partial charge on any atom is -0.493 e. The highest BCUT2D eigenvalue weighted by atomic mass is 16.7. The molecule has 4 aromatic carbocycles. The molecule has 0 saturated heterocycles. The zero-order valence-corrected chi connectivity index (χ0v) is 30.2. The molecule has 4 aliphatic rings.